The fraction of sp³-hybridized carbons (Fsp3) is 0.444. The number of hydrogen-bond donors (Lipinski definition) is 1. The summed E-state index contributed by atoms with van der Waals surface area (Å²) in [7, 11) is -2.28. The van der Waals surface area contributed by atoms with Gasteiger partial charge in [-0.2, -0.15) is 9.40 Å². The number of sulfonamides is 1. The lowest BCUT2D eigenvalue weighted by atomic mass is 10.6. The molecule has 96 valence electrons. The van der Waals surface area contributed by atoms with Gasteiger partial charge in [0.2, 0.25) is 0 Å². The fourth-order valence-electron chi connectivity index (χ4n) is 1.38. The zero-order chi connectivity index (χ0) is 13.1. The molecule has 1 aromatic heterocycles. The number of halogens is 1. The van der Waals surface area contributed by atoms with Gasteiger partial charge in [0, 0.05) is 20.1 Å². The van der Waals surface area contributed by atoms with Gasteiger partial charge in [-0.15, -0.1) is 6.58 Å². The lowest BCUT2D eigenvalue weighted by molar-refractivity contribution is 0.259. The van der Waals surface area contributed by atoms with Gasteiger partial charge in [0.15, 0.2) is 5.03 Å². The Bertz CT molecular complexity index is 478. The highest BCUT2D eigenvalue weighted by Gasteiger charge is 2.28. The molecule has 0 radical (unpaired) electrons. The molecule has 0 aliphatic carbocycles. The molecule has 6 nitrogen and oxygen atoms in total. The molecule has 0 atom stereocenters. The zero-order valence-electron chi connectivity index (χ0n) is 9.37. The van der Waals surface area contributed by atoms with Gasteiger partial charge < -0.3 is 5.11 Å². The lowest BCUT2D eigenvalue weighted by Gasteiger charge is -2.19. The summed E-state index contributed by atoms with van der Waals surface area (Å²) in [6.07, 6.45) is 2.71. The van der Waals surface area contributed by atoms with E-state index in [1.165, 1.54) is 24.0 Å². The van der Waals surface area contributed by atoms with Crippen molar-refractivity contribution < 1.29 is 13.5 Å². The first-order valence-corrected chi connectivity index (χ1v) is 6.66. The van der Waals surface area contributed by atoms with Crippen molar-refractivity contribution in [2.24, 2.45) is 7.05 Å². The van der Waals surface area contributed by atoms with Gasteiger partial charge in [-0.25, -0.2) is 8.42 Å². The van der Waals surface area contributed by atoms with Crippen molar-refractivity contribution in [3.63, 3.8) is 0 Å². The third-order valence-electron chi connectivity index (χ3n) is 2.11. The van der Waals surface area contributed by atoms with E-state index in [9.17, 15) is 8.42 Å². The summed E-state index contributed by atoms with van der Waals surface area (Å²) in [5, 5.41) is 12.6. The van der Waals surface area contributed by atoms with Crippen LogP contribution in [0.1, 0.15) is 0 Å². The second-order valence-corrected chi connectivity index (χ2v) is 5.56. The molecular weight excluding hydrogens is 266 g/mol. The molecule has 0 aliphatic heterocycles. The zero-order valence-corrected chi connectivity index (χ0v) is 10.9. The van der Waals surface area contributed by atoms with Crippen molar-refractivity contribution in [3.8, 4) is 0 Å². The molecule has 0 amide bonds. The summed E-state index contributed by atoms with van der Waals surface area (Å²) in [4.78, 5) is 0. The first-order chi connectivity index (χ1) is 7.95. The van der Waals surface area contributed by atoms with Gasteiger partial charge in [0.25, 0.3) is 10.0 Å². The molecule has 1 heterocycles. The molecule has 17 heavy (non-hydrogen) atoms. The number of aromatic nitrogens is 2. The quantitative estimate of drug-likeness (QED) is 0.757. The average molecular weight is 280 g/mol. The van der Waals surface area contributed by atoms with Crippen LogP contribution in [0.2, 0.25) is 5.02 Å². The maximum Gasteiger partial charge on any atom is 0.262 e. The minimum absolute atomic E-state index is 0.0180. The Morgan fingerprint density at radius 2 is 2.35 bits per heavy atom. The van der Waals surface area contributed by atoms with Crippen molar-refractivity contribution in [1.82, 2.24) is 14.1 Å². The molecule has 1 rings (SSSR count). The average Bonchev–Trinajstić information content (AvgIpc) is 2.58. The van der Waals surface area contributed by atoms with E-state index < -0.39 is 10.0 Å². The molecule has 0 aliphatic rings. The van der Waals surface area contributed by atoms with E-state index in [1.807, 2.05) is 0 Å². The predicted molar refractivity (Wildman–Crippen MR) is 64.3 cm³/mol. The number of aliphatic hydroxyl groups is 1. The number of aliphatic hydroxyl groups excluding tert-OH is 1. The van der Waals surface area contributed by atoms with Crippen LogP contribution in [-0.4, -0.2) is 47.3 Å². The molecule has 0 aromatic carbocycles. The molecular formula is C9H14ClN3O3S. The number of aryl methyl sites for hydroxylation is 1. The molecule has 0 unspecified atom stereocenters. The van der Waals surface area contributed by atoms with Crippen LogP contribution >= 0.6 is 11.6 Å². The van der Waals surface area contributed by atoms with Crippen molar-refractivity contribution in [1.29, 1.82) is 0 Å². The van der Waals surface area contributed by atoms with E-state index in [0.29, 0.717) is 0 Å². The third kappa shape index (κ3) is 2.86. The van der Waals surface area contributed by atoms with Crippen LogP contribution in [0.15, 0.2) is 23.9 Å². The molecule has 1 N–H and O–H groups in total. The number of rotatable bonds is 6. The number of hydrogen-bond acceptors (Lipinski definition) is 4. The summed E-state index contributed by atoms with van der Waals surface area (Å²) in [5.74, 6) is 0. The van der Waals surface area contributed by atoms with Crippen molar-refractivity contribution in [2.45, 2.75) is 5.03 Å². The second kappa shape index (κ2) is 5.63. The summed E-state index contributed by atoms with van der Waals surface area (Å²) >= 11 is 5.80. The smallest absolute Gasteiger partial charge is 0.262 e. The highest BCUT2D eigenvalue weighted by Crippen LogP contribution is 2.23. The molecule has 0 bridgehead atoms. The Labute approximate surface area is 105 Å². The Morgan fingerprint density at radius 3 is 2.76 bits per heavy atom. The minimum Gasteiger partial charge on any atom is -0.395 e. The van der Waals surface area contributed by atoms with E-state index in [-0.39, 0.29) is 29.7 Å². The molecule has 0 saturated carbocycles. The minimum atomic E-state index is -3.77. The van der Waals surface area contributed by atoms with Gasteiger partial charge >= 0.3 is 0 Å². The van der Waals surface area contributed by atoms with Crippen LogP contribution in [0, 0.1) is 0 Å². The summed E-state index contributed by atoms with van der Waals surface area (Å²) < 4.78 is 26.7. The van der Waals surface area contributed by atoms with Crippen LogP contribution in [0.5, 0.6) is 0 Å². The Hall–Kier alpha value is -0.890. The maximum atomic E-state index is 12.2. The first-order valence-electron chi connectivity index (χ1n) is 4.84. The van der Waals surface area contributed by atoms with Crippen LogP contribution in [0.25, 0.3) is 0 Å². The SMILES string of the molecule is C=CCN(CCO)S(=O)(=O)c1c(Cl)cnn1C. The van der Waals surface area contributed by atoms with Gasteiger partial charge in [0.05, 0.1) is 17.8 Å². The highest BCUT2D eigenvalue weighted by molar-refractivity contribution is 7.89. The normalized spacial score (nSPS) is 12.0. The monoisotopic (exact) mass is 279 g/mol. The Morgan fingerprint density at radius 1 is 1.71 bits per heavy atom. The van der Waals surface area contributed by atoms with Gasteiger partial charge in [-0.1, -0.05) is 17.7 Å². The molecule has 0 fully saturated rings. The van der Waals surface area contributed by atoms with Crippen LogP contribution in [-0.2, 0) is 17.1 Å². The second-order valence-electron chi connectivity index (χ2n) is 3.30. The Kier molecular flexibility index (Phi) is 4.70. The van der Waals surface area contributed by atoms with Crippen molar-refractivity contribution in [3.05, 3.63) is 23.9 Å². The van der Waals surface area contributed by atoms with E-state index in [2.05, 4.69) is 11.7 Å². The Balaban J connectivity index is 3.20. The van der Waals surface area contributed by atoms with E-state index in [1.54, 1.807) is 0 Å². The van der Waals surface area contributed by atoms with Crippen molar-refractivity contribution >= 4 is 21.6 Å². The molecule has 1 aromatic rings. The van der Waals surface area contributed by atoms with Crippen LogP contribution in [0.3, 0.4) is 0 Å². The van der Waals surface area contributed by atoms with Gasteiger partial charge in [-0.3, -0.25) is 4.68 Å². The topological polar surface area (TPSA) is 75.4 Å². The summed E-state index contributed by atoms with van der Waals surface area (Å²) in [5.41, 5.74) is 0. The van der Waals surface area contributed by atoms with Crippen LogP contribution < -0.4 is 0 Å². The largest absolute Gasteiger partial charge is 0.395 e. The maximum absolute atomic E-state index is 12.2. The fourth-order valence-corrected chi connectivity index (χ4v) is 3.38. The predicted octanol–water partition coefficient (Wildman–Crippen LogP) is 0.242. The van der Waals surface area contributed by atoms with E-state index in [4.69, 9.17) is 16.7 Å². The van der Waals surface area contributed by atoms with E-state index >= 15 is 0 Å². The standard InChI is InChI=1S/C9H14ClN3O3S/c1-3-4-13(5-6-14)17(15,16)9-8(10)7-11-12(9)2/h3,7,14H,1,4-6H2,2H3. The van der Waals surface area contributed by atoms with E-state index in [0.717, 1.165) is 4.31 Å². The van der Waals surface area contributed by atoms with Gasteiger partial charge in [-0.05, 0) is 0 Å². The summed E-state index contributed by atoms with van der Waals surface area (Å²) in [6, 6.07) is 0. The number of nitrogens with zero attached hydrogens (tertiary/aromatic N) is 3. The first kappa shape index (κ1) is 14.2. The van der Waals surface area contributed by atoms with Gasteiger partial charge in [0.1, 0.15) is 0 Å². The lowest BCUT2D eigenvalue weighted by Crippen LogP contribution is -2.35. The summed E-state index contributed by atoms with van der Waals surface area (Å²) in [6.45, 7) is 3.29. The molecule has 0 spiro atoms. The molecule has 8 heteroatoms. The van der Waals surface area contributed by atoms with Crippen molar-refractivity contribution in [2.75, 3.05) is 19.7 Å². The third-order valence-corrected chi connectivity index (χ3v) is 4.48. The highest BCUT2D eigenvalue weighted by atomic mass is 35.5. The van der Waals surface area contributed by atoms with Crippen LogP contribution in [0.4, 0.5) is 0 Å². The molecule has 0 saturated heterocycles.